The maximum atomic E-state index is 13.8. The van der Waals surface area contributed by atoms with Crippen molar-refractivity contribution < 1.29 is 33.4 Å². The molecule has 0 aromatic heterocycles. The van der Waals surface area contributed by atoms with E-state index in [0.29, 0.717) is 57.7 Å². The second-order valence-corrected chi connectivity index (χ2v) is 12.1. The molecule has 244 valence electrons. The third kappa shape index (κ3) is 10.2. The molecule has 3 N–H and O–H groups in total. The van der Waals surface area contributed by atoms with E-state index in [1.165, 1.54) is 11.9 Å². The summed E-state index contributed by atoms with van der Waals surface area (Å²) in [6.07, 6.45) is 2.61. The Hall–Kier alpha value is -3.67. The van der Waals surface area contributed by atoms with Gasteiger partial charge >= 0.3 is 0 Å². The predicted molar refractivity (Wildman–Crippen MR) is 165 cm³/mol. The first-order valence-electron chi connectivity index (χ1n) is 15.7. The number of hydrogen-bond donors (Lipinski definition) is 3. The van der Waals surface area contributed by atoms with Crippen molar-refractivity contribution in [1.82, 2.24) is 25.8 Å². The largest absolute Gasteiger partial charge is 0.497 e. The van der Waals surface area contributed by atoms with Crippen LogP contribution in [0.3, 0.4) is 0 Å². The zero-order valence-corrected chi connectivity index (χ0v) is 26.7. The lowest BCUT2D eigenvalue weighted by molar-refractivity contribution is -0.142. The lowest BCUT2D eigenvalue weighted by Gasteiger charge is -2.30. The van der Waals surface area contributed by atoms with Crippen LogP contribution in [0.2, 0.25) is 0 Å². The number of carbonyl (C=O) groups excluding carboxylic acids is 5. The fraction of sp³-hybridized carbons (Fsp3) is 0.656. The van der Waals surface area contributed by atoms with E-state index in [1.54, 1.807) is 31.1 Å². The van der Waals surface area contributed by atoms with E-state index in [4.69, 9.17) is 9.47 Å². The third-order valence-electron chi connectivity index (χ3n) is 8.13. The Balaban J connectivity index is 1.84. The van der Waals surface area contributed by atoms with Gasteiger partial charge in [0.05, 0.1) is 7.11 Å². The molecular weight excluding hydrogens is 566 g/mol. The van der Waals surface area contributed by atoms with Gasteiger partial charge in [-0.1, -0.05) is 26.0 Å². The topological polar surface area (TPSA) is 146 Å². The molecule has 4 atom stereocenters. The first-order chi connectivity index (χ1) is 21.0. The SMILES string of the molecule is COc1ccc(C[C@@H]2NC(=O)[C@@H](CC(C)C)NC(=O)CCCN(C(=O)[C@@H]3CCCO3)CCCNC(=O)[C@H](C)N(C)C2=O)cc1. The lowest BCUT2D eigenvalue weighted by Crippen LogP contribution is -2.57. The summed E-state index contributed by atoms with van der Waals surface area (Å²) >= 11 is 0. The Bertz CT molecular complexity index is 1140. The molecule has 1 aromatic carbocycles. The van der Waals surface area contributed by atoms with Gasteiger partial charge in [0.1, 0.15) is 30.0 Å². The van der Waals surface area contributed by atoms with Gasteiger partial charge in [-0.3, -0.25) is 24.0 Å². The first kappa shape index (κ1) is 34.8. The number of rotatable bonds is 6. The number of likely N-dealkylation sites (N-methyl/N-ethyl adjacent to an activating group) is 1. The molecule has 1 aromatic rings. The number of hydrogen-bond acceptors (Lipinski definition) is 7. The van der Waals surface area contributed by atoms with Crippen molar-refractivity contribution in [3.8, 4) is 5.75 Å². The maximum absolute atomic E-state index is 13.8. The van der Waals surface area contributed by atoms with Crippen molar-refractivity contribution in [1.29, 1.82) is 0 Å². The Labute approximate surface area is 260 Å². The molecule has 0 spiro atoms. The molecule has 12 nitrogen and oxygen atoms in total. The van der Waals surface area contributed by atoms with Crippen molar-refractivity contribution in [2.45, 2.75) is 89.9 Å². The number of amides is 5. The van der Waals surface area contributed by atoms with Gasteiger partial charge in [0, 0.05) is 46.1 Å². The van der Waals surface area contributed by atoms with E-state index < -0.39 is 36.0 Å². The van der Waals surface area contributed by atoms with Gasteiger partial charge < -0.3 is 35.2 Å². The molecule has 0 aliphatic carbocycles. The average Bonchev–Trinajstić information content (AvgIpc) is 3.55. The van der Waals surface area contributed by atoms with Crippen LogP contribution in [0.15, 0.2) is 24.3 Å². The first-order valence-corrected chi connectivity index (χ1v) is 15.7. The molecule has 2 aliphatic heterocycles. The summed E-state index contributed by atoms with van der Waals surface area (Å²) in [5.41, 5.74) is 0.795. The van der Waals surface area contributed by atoms with Crippen molar-refractivity contribution in [2.75, 3.05) is 40.4 Å². The van der Waals surface area contributed by atoms with E-state index in [-0.39, 0.29) is 36.5 Å². The Morgan fingerprint density at radius 3 is 2.34 bits per heavy atom. The highest BCUT2D eigenvalue weighted by Crippen LogP contribution is 2.17. The monoisotopic (exact) mass is 615 g/mol. The van der Waals surface area contributed by atoms with Gasteiger partial charge in [-0.2, -0.15) is 0 Å². The fourth-order valence-corrected chi connectivity index (χ4v) is 5.42. The van der Waals surface area contributed by atoms with Crippen molar-refractivity contribution in [3.05, 3.63) is 29.8 Å². The molecule has 44 heavy (non-hydrogen) atoms. The normalized spacial score (nSPS) is 25.1. The molecule has 0 radical (unpaired) electrons. The molecule has 2 aliphatic rings. The van der Waals surface area contributed by atoms with Crippen LogP contribution in [0, 0.1) is 5.92 Å². The average molecular weight is 616 g/mol. The summed E-state index contributed by atoms with van der Waals surface area (Å²) in [5.74, 6) is -0.893. The maximum Gasteiger partial charge on any atom is 0.251 e. The van der Waals surface area contributed by atoms with Gasteiger partial charge in [0.15, 0.2) is 0 Å². The van der Waals surface area contributed by atoms with Gasteiger partial charge in [0.25, 0.3) is 5.91 Å². The number of nitrogens with zero attached hydrogens (tertiary/aromatic N) is 2. The number of benzene rings is 1. The summed E-state index contributed by atoms with van der Waals surface area (Å²) in [6, 6.07) is 4.55. The highest BCUT2D eigenvalue weighted by atomic mass is 16.5. The highest BCUT2D eigenvalue weighted by molar-refractivity contribution is 5.94. The summed E-state index contributed by atoms with van der Waals surface area (Å²) < 4.78 is 10.8. The quantitative estimate of drug-likeness (QED) is 0.439. The van der Waals surface area contributed by atoms with Gasteiger partial charge in [0.2, 0.25) is 23.6 Å². The van der Waals surface area contributed by atoms with Gasteiger partial charge in [-0.05, 0) is 62.6 Å². The minimum atomic E-state index is -0.973. The second kappa shape index (κ2) is 17.0. The number of nitrogens with one attached hydrogen (secondary N) is 3. The number of ether oxygens (including phenoxy) is 2. The Kier molecular flexibility index (Phi) is 13.4. The summed E-state index contributed by atoms with van der Waals surface area (Å²) in [7, 11) is 3.10. The molecule has 5 amide bonds. The van der Waals surface area contributed by atoms with Gasteiger partial charge in [-0.25, -0.2) is 0 Å². The molecule has 12 heteroatoms. The van der Waals surface area contributed by atoms with E-state index in [1.807, 2.05) is 26.0 Å². The zero-order valence-electron chi connectivity index (χ0n) is 26.7. The third-order valence-corrected chi connectivity index (χ3v) is 8.13. The minimum absolute atomic E-state index is 0.0885. The molecule has 0 bridgehead atoms. The van der Waals surface area contributed by atoms with Crippen LogP contribution in [0.25, 0.3) is 0 Å². The molecule has 0 unspecified atom stereocenters. The van der Waals surface area contributed by atoms with E-state index >= 15 is 0 Å². The smallest absolute Gasteiger partial charge is 0.251 e. The van der Waals surface area contributed by atoms with Crippen LogP contribution < -0.4 is 20.7 Å². The fourth-order valence-electron chi connectivity index (χ4n) is 5.42. The van der Waals surface area contributed by atoms with E-state index in [2.05, 4.69) is 16.0 Å². The van der Waals surface area contributed by atoms with E-state index in [9.17, 15) is 24.0 Å². The molecule has 2 heterocycles. The standard InChI is InChI=1S/C32H49N5O7/c1-21(2)19-25-30(40)35-26(20-23-11-13-24(43-5)14-12-23)31(41)36(4)22(3)29(39)33-15-8-17-37(16-6-10-28(38)34-25)32(42)27-9-7-18-44-27/h11-14,21-22,25-27H,6-10,15-20H2,1-5H3,(H,33,39)(H,34,38)(H,35,40)/t22-,25+,26-,27-/m0/s1. The van der Waals surface area contributed by atoms with E-state index in [0.717, 1.165) is 12.0 Å². The van der Waals surface area contributed by atoms with Crippen LogP contribution in [0.4, 0.5) is 0 Å². The molecule has 3 rings (SSSR count). The summed E-state index contributed by atoms with van der Waals surface area (Å²) in [5, 5.41) is 8.60. The number of carbonyl (C=O) groups is 5. The van der Waals surface area contributed by atoms with Crippen LogP contribution in [0.1, 0.15) is 64.9 Å². The van der Waals surface area contributed by atoms with Crippen molar-refractivity contribution >= 4 is 29.5 Å². The summed E-state index contributed by atoms with van der Waals surface area (Å²) in [6.45, 7) is 7.15. The van der Waals surface area contributed by atoms with Crippen molar-refractivity contribution in [3.63, 3.8) is 0 Å². The molecule has 0 saturated carbocycles. The molecule has 2 saturated heterocycles. The highest BCUT2D eigenvalue weighted by Gasteiger charge is 2.33. The van der Waals surface area contributed by atoms with Crippen LogP contribution >= 0.6 is 0 Å². The molecule has 2 fully saturated rings. The minimum Gasteiger partial charge on any atom is -0.497 e. The van der Waals surface area contributed by atoms with Crippen LogP contribution in [-0.2, 0) is 35.1 Å². The number of methoxy groups -OCH3 is 1. The van der Waals surface area contributed by atoms with Crippen molar-refractivity contribution in [2.24, 2.45) is 5.92 Å². The van der Waals surface area contributed by atoms with Gasteiger partial charge in [-0.15, -0.1) is 0 Å². The lowest BCUT2D eigenvalue weighted by atomic mass is 10.00. The van der Waals surface area contributed by atoms with Crippen LogP contribution in [-0.4, -0.2) is 104 Å². The Morgan fingerprint density at radius 2 is 1.70 bits per heavy atom. The summed E-state index contributed by atoms with van der Waals surface area (Å²) in [4.78, 5) is 69.6. The molecular formula is C32H49N5O7. The zero-order chi connectivity index (χ0) is 32.2. The van der Waals surface area contributed by atoms with Crippen LogP contribution in [0.5, 0.6) is 5.75 Å². The predicted octanol–water partition coefficient (Wildman–Crippen LogP) is 1.41. The Morgan fingerprint density at radius 1 is 1.00 bits per heavy atom. The second-order valence-electron chi connectivity index (χ2n) is 12.1.